The van der Waals surface area contributed by atoms with Gasteiger partial charge < -0.3 is 35.7 Å². The normalized spacial score (nSPS) is 48.3. The summed E-state index contributed by atoms with van der Waals surface area (Å²) >= 11 is 0. The Kier molecular flexibility index (Phi) is 6.46. The number of hydrogen-bond acceptors (Lipinski definition) is 8. The summed E-state index contributed by atoms with van der Waals surface area (Å²) in [6.45, 7) is 8.52. The van der Waals surface area contributed by atoms with Gasteiger partial charge in [-0.05, 0) is 88.7 Å². The highest BCUT2D eigenvalue weighted by molar-refractivity contribution is 5.95. The van der Waals surface area contributed by atoms with Crippen LogP contribution < -0.4 is 0 Å². The van der Waals surface area contributed by atoms with Gasteiger partial charge in [-0.2, -0.15) is 0 Å². The van der Waals surface area contributed by atoms with E-state index in [1.807, 2.05) is 13.8 Å². The molecule has 8 nitrogen and oxygen atoms in total. The van der Waals surface area contributed by atoms with Crippen LogP contribution in [0.2, 0.25) is 0 Å². The van der Waals surface area contributed by atoms with E-state index >= 15 is 0 Å². The molecule has 0 aromatic heterocycles. The predicted octanol–water partition coefficient (Wildman–Crippen LogP) is 0.825. The molecule has 3 fully saturated rings. The SMILES string of the molecule is CC(C)(O)CC[C@@H](O)[C@](C)(O)[C@H]1CC[C@@]2(O)C3=CC(=O)[C@H]4C[C@@H](O)[C@@H](O)C[C@]4(C)[C@H]3[C@H](O)C[C@]12C. The average Bonchev–Trinajstić information content (AvgIpc) is 2.99. The van der Waals surface area contributed by atoms with Gasteiger partial charge >= 0.3 is 0 Å². The van der Waals surface area contributed by atoms with Gasteiger partial charge in [0.1, 0.15) is 0 Å². The number of allylic oxidation sites excluding steroid dienone is 1. The molecule has 0 saturated heterocycles. The van der Waals surface area contributed by atoms with Crippen molar-refractivity contribution in [3.63, 3.8) is 0 Å². The summed E-state index contributed by atoms with van der Waals surface area (Å²) in [5.74, 6) is -1.89. The Morgan fingerprint density at radius 1 is 1.06 bits per heavy atom. The quantitative estimate of drug-likeness (QED) is 0.295. The van der Waals surface area contributed by atoms with Crippen molar-refractivity contribution in [1.82, 2.24) is 0 Å². The van der Waals surface area contributed by atoms with Crippen LogP contribution in [0.15, 0.2) is 11.6 Å². The maximum Gasteiger partial charge on any atom is 0.159 e. The lowest BCUT2D eigenvalue weighted by atomic mass is 9.45. The molecule has 11 atom stereocenters. The van der Waals surface area contributed by atoms with Crippen LogP contribution >= 0.6 is 0 Å². The van der Waals surface area contributed by atoms with Crippen LogP contribution in [0.25, 0.3) is 0 Å². The molecule has 0 aromatic rings. The largest absolute Gasteiger partial charge is 0.392 e. The summed E-state index contributed by atoms with van der Waals surface area (Å²) in [4.78, 5) is 13.3. The molecular formula is C27H44O8. The molecule has 0 amide bonds. The molecule has 3 saturated carbocycles. The van der Waals surface area contributed by atoms with E-state index in [-0.39, 0.29) is 44.3 Å². The highest BCUT2D eigenvalue weighted by Gasteiger charge is 2.71. The van der Waals surface area contributed by atoms with Gasteiger partial charge in [-0.25, -0.2) is 0 Å². The van der Waals surface area contributed by atoms with E-state index in [1.54, 1.807) is 20.8 Å². The van der Waals surface area contributed by atoms with E-state index < -0.39 is 69.8 Å². The van der Waals surface area contributed by atoms with Crippen LogP contribution in [0.1, 0.15) is 79.6 Å². The second kappa shape index (κ2) is 8.32. The van der Waals surface area contributed by atoms with E-state index in [0.717, 1.165) is 0 Å². The van der Waals surface area contributed by atoms with E-state index in [0.29, 0.717) is 12.0 Å². The fraction of sp³-hybridized carbons (Fsp3) is 0.889. The molecule has 0 radical (unpaired) electrons. The Balaban J connectivity index is 1.71. The maximum absolute atomic E-state index is 13.3. The van der Waals surface area contributed by atoms with E-state index in [4.69, 9.17) is 0 Å². The van der Waals surface area contributed by atoms with Crippen molar-refractivity contribution in [2.24, 2.45) is 28.6 Å². The summed E-state index contributed by atoms with van der Waals surface area (Å²) in [5, 5.41) is 77.0. The fourth-order valence-electron chi connectivity index (χ4n) is 8.44. The zero-order valence-corrected chi connectivity index (χ0v) is 21.6. The molecule has 0 bridgehead atoms. The van der Waals surface area contributed by atoms with Crippen molar-refractivity contribution in [3.05, 3.63) is 11.6 Å². The summed E-state index contributed by atoms with van der Waals surface area (Å²) in [6.07, 6.45) is -1.08. The van der Waals surface area contributed by atoms with E-state index in [1.165, 1.54) is 6.08 Å². The summed E-state index contributed by atoms with van der Waals surface area (Å²) in [5.41, 5.74) is -5.42. The lowest BCUT2D eigenvalue weighted by Crippen LogP contribution is -2.66. The van der Waals surface area contributed by atoms with Gasteiger partial charge in [0.05, 0.1) is 41.2 Å². The third kappa shape index (κ3) is 3.95. The molecular weight excluding hydrogens is 452 g/mol. The number of carbonyl (C=O) groups excluding carboxylic acids is 1. The highest BCUT2D eigenvalue weighted by atomic mass is 16.3. The van der Waals surface area contributed by atoms with E-state index in [9.17, 15) is 40.5 Å². The molecule has 4 rings (SSSR count). The fourth-order valence-corrected chi connectivity index (χ4v) is 8.44. The monoisotopic (exact) mass is 496 g/mol. The highest BCUT2D eigenvalue weighted by Crippen LogP contribution is 2.68. The molecule has 0 heterocycles. The third-order valence-electron chi connectivity index (χ3n) is 10.5. The molecule has 4 aliphatic rings. The molecule has 200 valence electrons. The van der Waals surface area contributed by atoms with Crippen LogP contribution in [0.5, 0.6) is 0 Å². The number of aliphatic hydroxyl groups excluding tert-OH is 4. The Morgan fingerprint density at radius 3 is 2.29 bits per heavy atom. The van der Waals surface area contributed by atoms with Crippen molar-refractivity contribution in [2.45, 2.75) is 121 Å². The van der Waals surface area contributed by atoms with Crippen molar-refractivity contribution >= 4 is 5.78 Å². The van der Waals surface area contributed by atoms with Gasteiger partial charge in [-0.15, -0.1) is 0 Å². The van der Waals surface area contributed by atoms with Gasteiger partial charge in [-0.3, -0.25) is 4.79 Å². The van der Waals surface area contributed by atoms with E-state index in [2.05, 4.69) is 0 Å². The van der Waals surface area contributed by atoms with Crippen LogP contribution in [0.4, 0.5) is 0 Å². The molecule has 4 aliphatic carbocycles. The minimum atomic E-state index is -1.59. The Bertz CT molecular complexity index is 892. The molecule has 35 heavy (non-hydrogen) atoms. The predicted molar refractivity (Wildman–Crippen MR) is 128 cm³/mol. The van der Waals surface area contributed by atoms with Crippen LogP contribution in [-0.4, -0.2) is 82.7 Å². The van der Waals surface area contributed by atoms with Crippen LogP contribution in [0, 0.1) is 28.6 Å². The first kappa shape index (κ1) is 27.2. The summed E-state index contributed by atoms with van der Waals surface area (Å²) in [7, 11) is 0. The molecule has 7 N–H and O–H groups in total. The Hall–Kier alpha value is -0.870. The number of rotatable bonds is 5. The van der Waals surface area contributed by atoms with Gasteiger partial charge in [0.15, 0.2) is 5.78 Å². The Labute approximate surface area is 207 Å². The molecule has 0 aromatic carbocycles. The van der Waals surface area contributed by atoms with Gasteiger partial charge in [0.2, 0.25) is 0 Å². The zero-order chi connectivity index (χ0) is 26.4. The number of ketones is 1. The smallest absolute Gasteiger partial charge is 0.159 e. The Morgan fingerprint density at radius 2 is 1.69 bits per heavy atom. The molecule has 0 spiro atoms. The van der Waals surface area contributed by atoms with Gasteiger partial charge in [0.25, 0.3) is 0 Å². The first-order valence-corrected chi connectivity index (χ1v) is 13.0. The zero-order valence-electron chi connectivity index (χ0n) is 21.6. The number of aliphatic hydroxyl groups is 7. The topological polar surface area (TPSA) is 159 Å². The minimum absolute atomic E-state index is 0.115. The third-order valence-corrected chi connectivity index (χ3v) is 10.5. The first-order valence-electron chi connectivity index (χ1n) is 13.0. The lowest BCUT2D eigenvalue weighted by Gasteiger charge is -2.62. The minimum Gasteiger partial charge on any atom is -0.392 e. The molecule has 8 heteroatoms. The standard InChI is InChI=1S/C27H44O8/c1-23(2,33)8-7-21(32)26(5,34)20-6-9-27(35)15-11-16(28)14-10-17(29)18(30)12-24(14,3)22(15)19(31)13-25(20,27)4/h11,14,17-22,29-35H,6-10,12-13H2,1-5H3/t14-,17-,18+,19-,20+,21-,22-,24+,25-,26-,27-/m1/s1. The van der Waals surface area contributed by atoms with Crippen LogP contribution in [0.3, 0.4) is 0 Å². The lowest BCUT2D eigenvalue weighted by molar-refractivity contribution is -0.197. The van der Waals surface area contributed by atoms with Crippen molar-refractivity contribution in [2.75, 3.05) is 0 Å². The molecule has 0 unspecified atom stereocenters. The van der Waals surface area contributed by atoms with Crippen molar-refractivity contribution in [3.8, 4) is 0 Å². The number of fused-ring (bicyclic) bond motifs is 5. The number of hydrogen-bond donors (Lipinski definition) is 7. The average molecular weight is 497 g/mol. The maximum atomic E-state index is 13.3. The summed E-state index contributed by atoms with van der Waals surface area (Å²) in [6, 6.07) is 0. The second-order valence-electron chi connectivity index (χ2n) is 13.3. The summed E-state index contributed by atoms with van der Waals surface area (Å²) < 4.78 is 0. The second-order valence-corrected chi connectivity index (χ2v) is 13.3. The van der Waals surface area contributed by atoms with Crippen LogP contribution in [-0.2, 0) is 4.79 Å². The van der Waals surface area contributed by atoms with Crippen molar-refractivity contribution in [1.29, 1.82) is 0 Å². The first-order chi connectivity index (χ1) is 15.9. The molecule has 0 aliphatic heterocycles. The number of carbonyl (C=O) groups is 1. The van der Waals surface area contributed by atoms with Crippen molar-refractivity contribution < 1.29 is 40.5 Å². The van der Waals surface area contributed by atoms with Gasteiger partial charge in [0, 0.05) is 17.3 Å². The van der Waals surface area contributed by atoms with Gasteiger partial charge in [-0.1, -0.05) is 13.8 Å².